The van der Waals surface area contributed by atoms with Gasteiger partial charge in [0.25, 0.3) is 0 Å². The fourth-order valence-electron chi connectivity index (χ4n) is 1.20. The molecule has 1 aromatic rings. The summed E-state index contributed by atoms with van der Waals surface area (Å²) in [4.78, 5) is 0. The zero-order valence-corrected chi connectivity index (χ0v) is 8.73. The van der Waals surface area contributed by atoms with Crippen LogP contribution in [-0.4, -0.2) is 11.7 Å². The Hall–Kier alpha value is -0.740. The zero-order chi connectivity index (χ0) is 11.6. The van der Waals surface area contributed by atoms with Crippen LogP contribution < -0.4 is 0 Å². The molecule has 0 heterocycles. The first-order valence-corrected chi connectivity index (χ1v) is 4.71. The van der Waals surface area contributed by atoms with Crippen LogP contribution >= 0.6 is 11.6 Å². The molecule has 0 radical (unpaired) electrons. The first-order valence-electron chi connectivity index (χ1n) is 4.33. The van der Waals surface area contributed by atoms with Crippen molar-refractivity contribution in [1.82, 2.24) is 0 Å². The summed E-state index contributed by atoms with van der Waals surface area (Å²) in [5.74, 6) is -0.403. The van der Waals surface area contributed by atoms with Crippen LogP contribution in [0.3, 0.4) is 0 Å². The maximum Gasteiger partial charge on any atom is 0.416 e. The van der Waals surface area contributed by atoms with Crippen molar-refractivity contribution in [3.63, 3.8) is 0 Å². The van der Waals surface area contributed by atoms with E-state index in [9.17, 15) is 13.2 Å². The van der Waals surface area contributed by atoms with Gasteiger partial charge in [-0.2, -0.15) is 13.2 Å². The third-order valence-corrected chi connectivity index (χ3v) is 2.47. The molecule has 0 aliphatic heterocycles. The molecule has 0 spiro atoms. The SMILES string of the molecule is CC(CO)c1cc(C(F)(F)F)ccc1Cl. The van der Waals surface area contributed by atoms with Crippen molar-refractivity contribution in [2.75, 3.05) is 6.61 Å². The summed E-state index contributed by atoms with van der Waals surface area (Å²) in [6.45, 7) is 1.38. The van der Waals surface area contributed by atoms with Crippen LogP contribution in [0.2, 0.25) is 5.02 Å². The summed E-state index contributed by atoms with van der Waals surface area (Å²) in [6.07, 6.45) is -4.38. The number of benzene rings is 1. The lowest BCUT2D eigenvalue weighted by Gasteiger charge is -2.14. The van der Waals surface area contributed by atoms with Crippen LogP contribution in [0.25, 0.3) is 0 Å². The van der Waals surface area contributed by atoms with Gasteiger partial charge >= 0.3 is 6.18 Å². The Kier molecular flexibility index (Phi) is 3.62. The second-order valence-electron chi connectivity index (χ2n) is 3.32. The van der Waals surface area contributed by atoms with Crippen molar-refractivity contribution in [2.24, 2.45) is 0 Å². The lowest BCUT2D eigenvalue weighted by molar-refractivity contribution is -0.137. The first-order chi connectivity index (χ1) is 6.86. The lowest BCUT2D eigenvalue weighted by Crippen LogP contribution is -2.07. The van der Waals surface area contributed by atoms with Gasteiger partial charge in [0.15, 0.2) is 0 Å². The van der Waals surface area contributed by atoms with Gasteiger partial charge in [-0.3, -0.25) is 0 Å². The van der Waals surface area contributed by atoms with Gasteiger partial charge in [-0.15, -0.1) is 0 Å². The van der Waals surface area contributed by atoms with Crippen LogP contribution in [0.15, 0.2) is 18.2 Å². The largest absolute Gasteiger partial charge is 0.416 e. The highest BCUT2D eigenvalue weighted by Gasteiger charge is 2.31. The normalized spacial score (nSPS) is 14.0. The number of aliphatic hydroxyl groups is 1. The monoisotopic (exact) mass is 238 g/mol. The van der Waals surface area contributed by atoms with Crippen molar-refractivity contribution in [1.29, 1.82) is 0 Å². The number of aliphatic hydroxyl groups excluding tert-OH is 1. The lowest BCUT2D eigenvalue weighted by atomic mass is 9.99. The molecule has 0 saturated carbocycles. The standard InChI is InChI=1S/C10H10ClF3O/c1-6(5-15)8-4-7(10(12,13)14)2-3-9(8)11/h2-4,6,15H,5H2,1H3. The van der Waals surface area contributed by atoms with E-state index in [1.165, 1.54) is 6.07 Å². The van der Waals surface area contributed by atoms with E-state index >= 15 is 0 Å². The molecule has 84 valence electrons. The molecule has 0 aromatic heterocycles. The molecule has 1 rings (SSSR count). The zero-order valence-electron chi connectivity index (χ0n) is 7.98. The van der Waals surface area contributed by atoms with E-state index in [-0.39, 0.29) is 11.6 Å². The van der Waals surface area contributed by atoms with Gasteiger partial charge < -0.3 is 5.11 Å². The van der Waals surface area contributed by atoms with E-state index in [1.54, 1.807) is 6.92 Å². The summed E-state index contributed by atoms with van der Waals surface area (Å²) in [6, 6.07) is 3.10. The third kappa shape index (κ3) is 2.86. The van der Waals surface area contributed by atoms with Gasteiger partial charge in [-0.25, -0.2) is 0 Å². The summed E-state index contributed by atoms with van der Waals surface area (Å²) in [5, 5.41) is 9.11. The molecule has 0 aliphatic carbocycles. The van der Waals surface area contributed by atoms with E-state index in [2.05, 4.69) is 0 Å². The van der Waals surface area contributed by atoms with Crippen molar-refractivity contribution in [3.8, 4) is 0 Å². The molecule has 1 atom stereocenters. The Bertz CT molecular complexity index is 349. The Morgan fingerprint density at radius 2 is 2.00 bits per heavy atom. The molecule has 1 N–H and O–H groups in total. The average molecular weight is 239 g/mol. The van der Waals surface area contributed by atoms with E-state index in [0.717, 1.165) is 12.1 Å². The smallest absolute Gasteiger partial charge is 0.396 e. The molecular weight excluding hydrogens is 229 g/mol. The van der Waals surface area contributed by atoms with Crippen molar-refractivity contribution in [2.45, 2.75) is 19.0 Å². The maximum absolute atomic E-state index is 12.4. The van der Waals surface area contributed by atoms with Crippen molar-refractivity contribution in [3.05, 3.63) is 34.3 Å². The second-order valence-corrected chi connectivity index (χ2v) is 3.72. The molecule has 1 nitrogen and oxygen atoms in total. The molecule has 0 fully saturated rings. The molecule has 0 aliphatic rings. The Balaban J connectivity index is 3.17. The molecule has 1 unspecified atom stereocenters. The van der Waals surface area contributed by atoms with Gasteiger partial charge in [-0.1, -0.05) is 18.5 Å². The van der Waals surface area contributed by atoms with E-state index < -0.39 is 17.7 Å². The van der Waals surface area contributed by atoms with E-state index in [1.807, 2.05) is 0 Å². The minimum Gasteiger partial charge on any atom is -0.396 e. The first kappa shape index (κ1) is 12.3. The van der Waals surface area contributed by atoms with Crippen LogP contribution in [0, 0.1) is 0 Å². The average Bonchev–Trinajstić information content (AvgIpc) is 2.15. The molecule has 1 aromatic carbocycles. The number of alkyl halides is 3. The van der Waals surface area contributed by atoms with Crippen LogP contribution in [0.5, 0.6) is 0 Å². The van der Waals surface area contributed by atoms with Crippen molar-refractivity contribution < 1.29 is 18.3 Å². The summed E-state index contributed by atoms with van der Waals surface area (Å²) in [5.41, 5.74) is -0.434. The Labute approximate surface area is 90.5 Å². The number of rotatable bonds is 2. The topological polar surface area (TPSA) is 20.2 Å². The maximum atomic E-state index is 12.4. The summed E-state index contributed by atoms with van der Waals surface area (Å²) >= 11 is 5.74. The van der Waals surface area contributed by atoms with Gasteiger partial charge in [0.1, 0.15) is 0 Å². The number of hydrogen-bond donors (Lipinski definition) is 1. The minimum atomic E-state index is -4.38. The number of hydrogen-bond acceptors (Lipinski definition) is 1. The van der Waals surface area contributed by atoms with Crippen molar-refractivity contribution >= 4 is 11.6 Å². The molecule has 15 heavy (non-hydrogen) atoms. The van der Waals surface area contributed by atoms with Crippen LogP contribution in [0.1, 0.15) is 24.0 Å². The Morgan fingerprint density at radius 3 is 2.47 bits per heavy atom. The summed E-state index contributed by atoms with van der Waals surface area (Å²) < 4.78 is 37.1. The van der Waals surface area contributed by atoms with Gasteiger partial charge in [0.2, 0.25) is 0 Å². The quantitative estimate of drug-likeness (QED) is 0.837. The molecule has 0 saturated heterocycles. The highest BCUT2D eigenvalue weighted by atomic mass is 35.5. The fourth-order valence-corrected chi connectivity index (χ4v) is 1.50. The second kappa shape index (κ2) is 4.41. The fraction of sp³-hybridized carbons (Fsp3) is 0.400. The molecule has 5 heteroatoms. The predicted octanol–water partition coefficient (Wildman–Crippen LogP) is 3.45. The summed E-state index contributed by atoms with van der Waals surface area (Å²) in [7, 11) is 0. The highest BCUT2D eigenvalue weighted by Crippen LogP contribution is 2.34. The number of halogens is 4. The Morgan fingerprint density at radius 1 is 1.40 bits per heavy atom. The van der Waals surface area contributed by atoms with Gasteiger partial charge in [-0.05, 0) is 23.8 Å². The molecule has 0 amide bonds. The minimum absolute atomic E-state index is 0.235. The van der Waals surface area contributed by atoms with Gasteiger partial charge in [0, 0.05) is 17.5 Å². The molecule has 0 bridgehead atoms. The third-order valence-electron chi connectivity index (χ3n) is 2.13. The molecular formula is C10H10ClF3O. The van der Waals surface area contributed by atoms with E-state index in [4.69, 9.17) is 16.7 Å². The predicted molar refractivity (Wildman–Crippen MR) is 52.0 cm³/mol. The van der Waals surface area contributed by atoms with Crippen LogP contribution in [0.4, 0.5) is 13.2 Å². The van der Waals surface area contributed by atoms with Crippen LogP contribution in [-0.2, 0) is 6.18 Å². The highest BCUT2D eigenvalue weighted by molar-refractivity contribution is 6.31. The van der Waals surface area contributed by atoms with Gasteiger partial charge in [0.05, 0.1) is 5.56 Å². The van der Waals surface area contributed by atoms with E-state index in [0.29, 0.717) is 5.56 Å².